The van der Waals surface area contributed by atoms with E-state index in [0.29, 0.717) is 25.8 Å². The third kappa shape index (κ3) is 3.27. The van der Waals surface area contributed by atoms with Crippen molar-refractivity contribution in [1.29, 1.82) is 0 Å². The maximum Gasteiger partial charge on any atom is 0.286 e. The van der Waals surface area contributed by atoms with Crippen LogP contribution in [0.4, 0.5) is 0 Å². The lowest BCUT2D eigenvalue weighted by molar-refractivity contribution is 0.0496. The highest BCUT2D eigenvalue weighted by Gasteiger charge is 2.20. The molecule has 5 heteroatoms. The van der Waals surface area contributed by atoms with E-state index in [-0.39, 0.29) is 0 Å². The molecular formula is C13H19NO4. The molecule has 18 heavy (non-hydrogen) atoms. The topological polar surface area (TPSA) is 41.9 Å². The van der Waals surface area contributed by atoms with Crippen molar-refractivity contribution in [3.05, 3.63) is 24.4 Å². The Labute approximate surface area is 107 Å². The van der Waals surface area contributed by atoms with Crippen molar-refractivity contribution in [2.75, 3.05) is 26.4 Å². The third-order valence-electron chi connectivity index (χ3n) is 2.54. The Bertz CT molecular complexity index is 386. The number of aromatic nitrogens is 1. The molecule has 0 fully saturated rings. The number of rotatable bonds is 7. The zero-order valence-electron chi connectivity index (χ0n) is 10.8. The summed E-state index contributed by atoms with van der Waals surface area (Å²) in [4.78, 5) is 0. The Morgan fingerprint density at radius 1 is 1.11 bits per heavy atom. The van der Waals surface area contributed by atoms with E-state index in [1.165, 1.54) is 0 Å². The fourth-order valence-corrected chi connectivity index (χ4v) is 1.64. The van der Waals surface area contributed by atoms with Gasteiger partial charge < -0.3 is 23.5 Å². The van der Waals surface area contributed by atoms with Gasteiger partial charge in [-0.05, 0) is 19.9 Å². The summed E-state index contributed by atoms with van der Waals surface area (Å²) in [5.41, 5.74) is 0. The molecule has 0 aromatic carbocycles. The summed E-state index contributed by atoms with van der Waals surface area (Å²) in [6.45, 7) is 7.28. The highest BCUT2D eigenvalue weighted by atomic mass is 16.7. The molecule has 2 heterocycles. The van der Waals surface area contributed by atoms with Gasteiger partial charge in [-0.1, -0.05) is 0 Å². The summed E-state index contributed by atoms with van der Waals surface area (Å²) < 4.78 is 23.5. The summed E-state index contributed by atoms with van der Waals surface area (Å²) in [5, 5.41) is 0. The molecule has 5 nitrogen and oxygen atoms in total. The second-order valence-electron chi connectivity index (χ2n) is 3.85. The maximum absolute atomic E-state index is 5.45. The summed E-state index contributed by atoms with van der Waals surface area (Å²) in [5.74, 6) is 2.06. The minimum Gasteiger partial charge on any atom is -0.421 e. The number of hydrogen-bond donors (Lipinski definition) is 0. The lowest BCUT2D eigenvalue weighted by atomic mass is 10.6. The van der Waals surface area contributed by atoms with Gasteiger partial charge >= 0.3 is 0 Å². The van der Waals surface area contributed by atoms with E-state index in [9.17, 15) is 0 Å². The highest BCUT2D eigenvalue weighted by Crippen LogP contribution is 2.36. The van der Waals surface area contributed by atoms with Gasteiger partial charge in [-0.3, -0.25) is 0 Å². The Morgan fingerprint density at radius 3 is 2.39 bits per heavy atom. The average molecular weight is 253 g/mol. The first-order valence-electron chi connectivity index (χ1n) is 6.20. The van der Waals surface area contributed by atoms with E-state index in [1.54, 1.807) is 6.08 Å². The molecule has 0 spiro atoms. The largest absolute Gasteiger partial charge is 0.421 e. The Balaban J connectivity index is 1.69. The molecule has 0 radical (unpaired) electrons. The molecule has 0 unspecified atom stereocenters. The van der Waals surface area contributed by atoms with E-state index < -0.39 is 0 Å². The first-order chi connectivity index (χ1) is 8.83. The Hall–Kier alpha value is -1.46. The molecule has 0 saturated heterocycles. The van der Waals surface area contributed by atoms with Crippen LogP contribution in [0.15, 0.2) is 24.4 Å². The Kier molecular flexibility index (Phi) is 4.66. The van der Waals surface area contributed by atoms with Crippen molar-refractivity contribution in [2.45, 2.75) is 20.4 Å². The van der Waals surface area contributed by atoms with E-state index in [1.807, 2.05) is 30.8 Å². The van der Waals surface area contributed by atoms with E-state index >= 15 is 0 Å². The van der Waals surface area contributed by atoms with Crippen LogP contribution in [0.5, 0.6) is 11.5 Å². The molecule has 100 valence electrons. The second-order valence-corrected chi connectivity index (χ2v) is 3.85. The van der Waals surface area contributed by atoms with Crippen molar-refractivity contribution < 1.29 is 18.9 Å². The number of allylic oxidation sites excluding steroid dienone is 1. The Morgan fingerprint density at radius 2 is 1.78 bits per heavy atom. The van der Waals surface area contributed by atoms with E-state index in [2.05, 4.69) is 0 Å². The third-order valence-corrected chi connectivity index (χ3v) is 2.54. The predicted molar refractivity (Wildman–Crippen MR) is 66.8 cm³/mol. The molecular weight excluding hydrogens is 234 g/mol. The van der Waals surface area contributed by atoms with Crippen LogP contribution in [0.25, 0.3) is 0 Å². The van der Waals surface area contributed by atoms with Crippen LogP contribution in [-0.2, 0) is 16.0 Å². The standard InChI is InChI=1S/C13H19NO4/c1-3-13-17-11-9-14(10-12(11)18-13)5-6-16-8-7-15-4-2/h3,9-10H,4-8H2,1-2H3. The number of nitrogens with zero attached hydrogens (tertiary/aromatic N) is 1. The second kappa shape index (κ2) is 6.47. The van der Waals surface area contributed by atoms with Gasteiger partial charge in [0.25, 0.3) is 5.95 Å². The number of fused-ring (bicyclic) bond motifs is 1. The quantitative estimate of drug-likeness (QED) is 0.698. The lowest BCUT2D eigenvalue weighted by Crippen LogP contribution is -2.09. The molecule has 0 bridgehead atoms. The zero-order valence-corrected chi connectivity index (χ0v) is 10.8. The minimum absolute atomic E-state index is 0.542. The fourth-order valence-electron chi connectivity index (χ4n) is 1.64. The summed E-state index contributed by atoms with van der Waals surface area (Å²) in [6, 6.07) is 0. The SMILES string of the molecule is CC=C1Oc2cn(CCOCCOCC)cc2O1. The van der Waals surface area contributed by atoms with Crippen molar-refractivity contribution in [3.63, 3.8) is 0 Å². The van der Waals surface area contributed by atoms with Crippen LogP contribution in [-0.4, -0.2) is 31.0 Å². The van der Waals surface area contributed by atoms with Crippen molar-refractivity contribution in [2.24, 2.45) is 0 Å². The van der Waals surface area contributed by atoms with E-state index in [4.69, 9.17) is 18.9 Å². The summed E-state index contributed by atoms with van der Waals surface area (Å²) >= 11 is 0. The monoisotopic (exact) mass is 253 g/mol. The van der Waals surface area contributed by atoms with Crippen LogP contribution in [0.3, 0.4) is 0 Å². The minimum atomic E-state index is 0.542. The zero-order chi connectivity index (χ0) is 12.8. The average Bonchev–Trinajstić information content (AvgIpc) is 2.91. The smallest absolute Gasteiger partial charge is 0.286 e. The normalized spacial score (nSPS) is 13.1. The maximum atomic E-state index is 5.45. The predicted octanol–water partition coefficient (Wildman–Crippen LogP) is 2.17. The molecule has 1 aromatic rings. The number of hydrogen-bond acceptors (Lipinski definition) is 4. The van der Waals surface area contributed by atoms with Crippen molar-refractivity contribution in [3.8, 4) is 11.5 Å². The number of ether oxygens (including phenoxy) is 4. The van der Waals surface area contributed by atoms with Crippen molar-refractivity contribution >= 4 is 0 Å². The van der Waals surface area contributed by atoms with Gasteiger partial charge in [0, 0.05) is 13.2 Å². The van der Waals surface area contributed by atoms with Crippen LogP contribution in [0.1, 0.15) is 13.8 Å². The van der Waals surface area contributed by atoms with Crippen molar-refractivity contribution in [1.82, 2.24) is 4.57 Å². The van der Waals surface area contributed by atoms with Gasteiger partial charge in [-0.15, -0.1) is 0 Å². The summed E-state index contributed by atoms with van der Waals surface area (Å²) in [7, 11) is 0. The van der Waals surface area contributed by atoms with Gasteiger partial charge in [0.1, 0.15) is 0 Å². The molecule has 2 rings (SSSR count). The fraction of sp³-hybridized carbons (Fsp3) is 0.538. The van der Waals surface area contributed by atoms with Gasteiger partial charge in [0.15, 0.2) is 11.5 Å². The molecule has 1 aliphatic heterocycles. The molecule has 0 aliphatic carbocycles. The molecule has 1 aliphatic rings. The van der Waals surface area contributed by atoms with Gasteiger partial charge in [-0.2, -0.15) is 0 Å². The molecule has 0 saturated carbocycles. The molecule has 0 N–H and O–H groups in total. The molecule has 1 aromatic heterocycles. The van der Waals surface area contributed by atoms with Gasteiger partial charge in [-0.25, -0.2) is 0 Å². The van der Waals surface area contributed by atoms with Crippen LogP contribution >= 0.6 is 0 Å². The molecule has 0 atom stereocenters. The first kappa shape index (κ1) is 13.0. The van der Waals surface area contributed by atoms with E-state index in [0.717, 1.165) is 24.7 Å². The summed E-state index contributed by atoms with van der Waals surface area (Å²) in [6.07, 6.45) is 5.62. The van der Waals surface area contributed by atoms with Crippen LogP contribution in [0.2, 0.25) is 0 Å². The van der Waals surface area contributed by atoms with Crippen LogP contribution in [0, 0.1) is 0 Å². The first-order valence-corrected chi connectivity index (χ1v) is 6.20. The van der Waals surface area contributed by atoms with Gasteiger partial charge in [0.2, 0.25) is 0 Å². The van der Waals surface area contributed by atoms with Crippen LogP contribution < -0.4 is 9.47 Å². The lowest BCUT2D eigenvalue weighted by Gasteiger charge is -2.05. The highest BCUT2D eigenvalue weighted by molar-refractivity contribution is 5.43. The van der Waals surface area contributed by atoms with Gasteiger partial charge in [0.05, 0.1) is 32.2 Å². The molecule has 0 amide bonds.